The summed E-state index contributed by atoms with van der Waals surface area (Å²) in [7, 11) is 0. The van der Waals surface area contributed by atoms with Gasteiger partial charge in [-0.3, -0.25) is 4.98 Å². The Morgan fingerprint density at radius 1 is 1.05 bits per heavy atom. The van der Waals surface area contributed by atoms with E-state index < -0.39 is 0 Å². The lowest BCUT2D eigenvalue weighted by molar-refractivity contribution is -0.00417. The fourth-order valence-electron chi connectivity index (χ4n) is 5.41. The minimum Gasteiger partial charge on any atom is -0.330 e. The van der Waals surface area contributed by atoms with Gasteiger partial charge in [0.05, 0.1) is 0 Å². The van der Waals surface area contributed by atoms with Crippen molar-refractivity contribution in [3.05, 3.63) is 29.6 Å². The first-order valence-corrected chi connectivity index (χ1v) is 7.98. The van der Waals surface area contributed by atoms with Gasteiger partial charge < -0.3 is 5.73 Å². The van der Waals surface area contributed by atoms with Crippen LogP contribution in [0, 0.1) is 23.7 Å². The highest BCUT2D eigenvalue weighted by Crippen LogP contribution is 2.59. The van der Waals surface area contributed by atoms with Crippen LogP contribution in [0.1, 0.15) is 49.3 Å². The van der Waals surface area contributed by atoms with E-state index in [1.807, 2.05) is 6.20 Å². The number of pyridine rings is 1. The summed E-state index contributed by atoms with van der Waals surface area (Å²) >= 11 is 0. The van der Waals surface area contributed by atoms with Crippen LogP contribution in [0.4, 0.5) is 0 Å². The Bertz CT molecular complexity index is 440. The maximum atomic E-state index is 5.68. The molecule has 4 saturated carbocycles. The van der Waals surface area contributed by atoms with Crippen LogP contribution in [0.2, 0.25) is 0 Å². The summed E-state index contributed by atoms with van der Waals surface area (Å²) in [6.07, 6.45) is 10.4. The van der Waals surface area contributed by atoms with E-state index in [1.165, 1.54) is 43.4 Å². The molecular weight excluding hydrogens is 232 g/mol. The van der Waals surface area contributed by atoms with Crippen LogP contribution in [0.25, 0.3) is 0 Å². The van der Waals surface area contributed by atoms with E-state index in [1.54, 1.807) is 0 Å². The molecule has 0 spiro atoms. The predicted molar refractivity (Wildman–Crippen MR) is 76.8 cm³/mol. The third-order valence-electron chi connectivity index (χ3n) is 5.85. The summed E-state index contributed by atoms with van der Waals surface area (Å²) in [6.45, 7) is 0.741. The summed E-state index contributed by atoms with van der Waals surface area (Å²) in [4.78, 5) is 4.73. The molecule has 4 bridgehead atoms. The van der Waals surface area contributed by atoms with Crippen molar-refractivity contribution in [2.75, 3.05) is 6.54 Å². The monoisotopic (exact) mass is 256 g/mol. The SMILES string of the molecule is NCCc1ccnc(C2C3CC4CC(C3)CC2C4)c1. The van der Waals surface area contributed by atoms with Crippen molar-refractivity contribution >= 4 is 0 Å². The highest BCUT2D eigenvalue weighted by Gasteiger charge is 2.48. The summed E-state index contributed by atoms with van der Waals surface area (Å²) in [6, 6.07) is 4.48. The molecule has 2 N–H and O–H groups in total. The van der Waals surface area contributed by atoms with Gasteiger partial charge in [0.2, 0.25) is 0 Å². The van der Waals surface area contributed by atoms with Crippen LogP contribution in [-0.2, 0) is 6.42 Å². The summed E-state index contributed by atoms with van der Waals surface area (Å²) in [5.74, 6) is 4.70. The number of hydrogen-bond acceptors (Lipinski definition) is 2. The van der Waals surface area contributed by atoms with Crippen LogP contribution in [0.15, 0.2) is 18.3 Å². The molecule has 0 radical (unpaired) electrons. The van der Waals surface area contributed by atoms with Gasteiger partial charge in [0.1, 0.15) is 0 Å². The van der Waals surface area contributed by atoms with Gasteiger partial charge >= 0.3 is 0 Å². The van der Waals surface area contributed by atoms with Gasteiger partial charge in [0, 0.05) is 17.8 Å². The lowest BCUT2D eigenvalue weighted by Gasteiger charge is -2.54. The van der Waals surface area contributed by atoms with Gasteiger partial charge in [-0.2, -0.15) is 0 Å². The average molecular weight is 256 g/mol. The van der Waals surface area contributed by atoms with Crippen LogP contribution >= 0.6 is 0 Å². The Morgan fingerprint density at radius 3 is 2.37 bits per heavy atom. The Morgan fingerprint density at radius 2 is 1.74 bits per heavy atom. The first-order chi connectivity index (χ1) is 9.33. The molecule has 102 valence electrons. The topological polar surface area (TPSA) is 38.9 Å². The minimum atomic E-state index is 0.741. The molecule has 0 atom stereocenters. The Balaban J connectivity index is 1.63. The highest BCUT2D eigenvalue weighted by molar-refractivity contribution is 5.23. The van der Waals surface area contributed by atoms with Crippen molar-refractivity contribution in [1.29, 1.82) is 0 Å². The van der Waals surface area contributed by atoms with E-state index in [-0.39, 0.29) is 0 Å². The minimum absolute atomic E-state index is 0.741. The first kappa shape index (κ1) is 11.9. The van der Waals surface area contributed by atoms with Crippen molar-refractivity contribution in [1.82, 2.24) is 4.98 Å². The fourth-order valence-corrected chi connectivity index (χ4v) is 5.41. The molecule has 2 nitrogen and oxygen atoms in total. The molecule has 1 aromatic heterocycles. The number of rotatable bonds is 3. The number of nitrogens with two attached hydrogens (primary N) is 1. The van der Waals surface area contributed by atoms with Crippen LogP contribution in [0.3, 0.4) is 0 Å². The standard InChI is InChI=1S/C17H24N2/c18-3-1-11-2-4-19-16(10-11)17-14-6-12-5-13(8-14)9-15(17)7-12/h2,4,10,12-15,17H,1,3,5-9,18H2. The third-order valence-corrected chi connectivity index (χ3v) is 5.85. The van der Waals surface area contributed by atoms with E-state index in [4.69, 9.17) is 10.7 Å². The Kier molecular flexibility index (Phi) is 2.87. The normalized spacial score (nSPS) is 39.7. The molecule has 0 unspecified atom stereocenters. The summed E-state index contributed by atoms with van der Waals surface area (Å²) in [5.41, 5.74) is 8.44. The molecule has 1 heterocycles. The zero-order valence-corrected chi connectivity index (χ0v) is 11.6. The largest absolute Gasteiger partial charge is 0.330 e. The second kappa shape index (κ2) is 4.59. The Labute approximate surface area is 115 Å². The lowest BCUT2D eigenvalue weighted by Crippen LogP contribution is -2.44. The first-order valence-electron chi connectivity index (χ1n) is 7.98. The maximum Gasteiger partial charge on any atom is 0.0442 e. The van der Waals surface area contributed by atoms with E-state index in [0.29, 0.717) is 0 Å². The Hall–Kier alpha value is -0.890. The second-order valence-corrected chi connectivity index (χ2v) is 7.08. The molecule has 4 aliphatic carbocycles. The average Bonchev–Trinajstić information content (AvgIpc) is 2.38. The van der Waals surface area contributed by atoms with Gasteiger partial charge in [-0.25, -0.2) is 0 Å². The van der Waals surface area contributed by atoms with Crippen molar-refractivity contribution in [3.63, 3.8) is 0 Å². The second-order valence-electron chi connectivity index (χ2n) is 7.08. The molecule has 0 aromatic carbocycles. The maximum absolute atomic E-state index is 5.68. The molecule has 19 heavy (non-hydrogen) atoms. The molecule has 0 amide bonds. The molecule has 4 aliphatic rings. The van der Waals surface area contributed by atoms with Crippen LogP contribution in [-0.4, -0.2) is 11.5 Å². The zero-order valence-electron chi connectivity index (χ0n) is 11.6. The van der Waals surface area contributed by atoms with E-state index in [0.717, 1.165) is 42.6 Å². The fraction of sp³-hybridized carbons (Fsp3) is 0.706. The van der Waals surface area contributed by atoms with Crippen molar-refractivity contribution in [2.45, 2.75) is 44.4 Å². The number of nitrogens with zero attached hydrogens (tertiary/aromatic N) is 1. The third kappa shape index (κ3) is 2.01. The molecule has 1 aromatic rings. The molecule has 5 rings (SSSR count). The van der Waals surface area contributed by atoms with Gasteiger partial charge in [-0.05, 0) is 86.4 Å². The van der Waals surface area contributed by atoms with Gasteiger partial charge in [-0.1, -0.05) is 0 Å². The zero-order chi connectivity index (χ0) is 12.8. The summed E-state index contributed by atoms with van der Waals surface area (Å²) < 4.78 is 0. The van der Waals surface area contributed by atoms with E-state index in [2.05, 4.69) is 12.1 Å². The number of aromatic nitrogens is 1. The van der Waals surface area contributed by atoms with Crippen LogP contribution < -0.4 is 5.73 Å². The van der Waals surface area contributed by atoms with Crippen molar-refractivity contribution in [3.8, 4) is 0 Å². The quantitative estimate of drug-likeness (QED) is 0.902. The van der Waals surface area contributed by atoms with Crippen LogP contribution in [0.5, 0.6) is 0 Å². The predicted octanol–water partition coefficient (Wildman–Crippen LogP) is 3.12. The van der Waals surface area contributed by atoms with Gasteiger partial charge in [0.15, 0.2) is 0 Å². The smallest absolute Gasteiger partial charge is 0.0442 e. The molecule has 4 fully saturated rings. The molecule has 2 heteroatoms. The van der Waals surface area contributed by atoms with Gasteiger partial charge in [0.25, 0.3) is 0 Å². The molecular formula is C17H24N2. The van der Waals surface area contributed by atoms with E-state index in [9.17, 15) is 0 Å². The summed E-state index contributed by atoms with van der Waals surface area (Å²) in [5, 5.41) is 0. The molecule has 0 aliphatic heterocycles. The van der Waals surface area contributed by atoms with Gasteiger partial charge in [-0.15, -0.1) is 0 Å². The van der Waals surface area contributed by atoms with Crippen molar-refractivity contribution < 1.29 is 0 Å². The number of hydrogen-bond donors (Lipinski definition) is 1. The van der Waals surface area contributed by atoms with Crippen molar-refractivity contribution in [2.24, 2.45) is 29.4 Å². The highest BCUT2D eigenvalue weighted by atomic mass is 14.7. The molecule has 0 saturated heterocycles. The van der Waals surface area contributed by atoms with E-state index >= 15 is 0 Å². The lowest BCUT2D eigenvalue weighted by atomic mass is 9.51.